The summed E-state index contributed by atoms with van der Waals surface area (Å²) in [6.07, 6.45) is 0. The number of piperazine rings is 1. The Kier molecular flexibility index (Phi) is 4.70. The van der Waals surface area contributed by atoms with Crippen LogP contribution in [-0.4, -0.2) is 61.4 Å². The van der Waals surface area contributed by atoms with Gasteiger partial charge >= 0.3 is 5.97 Å². The second-order valence-electron chi connectivity index (χ2n) is 4.60. The van der Waals surface area contributed by atoms with E-state index >= 15 is 0 Å². The van der Waals surface area contributed by atoms with Crippen LogP contribution in [0.4, 0.5) is 0 Å². The highest BCUT2D eigenvalue weighted by atomic mass is 35.5. The number of halogens is 1. The number of carboxylic acid groups (broad SMARTS) is 1. The molecule has 1 aliphatic rings. The number of rotatable bonds is 4. The minimum atomic E-state index is -3.52. The van der Waals surface area contributed by atoms with Crippen LogP contribution in [0.1, 0.15) is 5.56 Å². The lowest BCUT2D eigenvalue weighted by atomic mass is 10.3. The summed E-state index contributed by atoms with van der Waals surface area (Å²) in [4.78, 5) is 12.3. The van der Waals surface area contributed by atoms with Gasteiger partial charge in [0.1, 0.15) is 4.21 Å². The van der Waals surface area contributed by atoms with Gasteiger partial charge in [0.2, 0.25) is 0 Å². The molecule has 1 aromatic rings. The Labute approximate surface area is 126 Å². The first kappa shape index (κ1) is 15.7. The highest BCUT2D eigenvalue weighted by Crippen LogP contribution is 2.32. The second-order valence-corrected chi connectivity index (χ2v) is 8.42. The van der Waals surface area contributed by atoms with E-state index in [9.17, 15) is 13.2 Å². The Balaban J connectivity index is 2.07. The van der Waals surface area contributed by atoms with E-state index in [0.29, 0.717) is 30.5 Å². The number of nitrogens with zero attached hydrogens (tertiary/aromatic N) is 2. The molecule has 2 rings (SSSR count). The number of aliphatic carboxylic acids is 1. The summed E-state index contributed by atoms with van der Waals surface area (Å²) in [6.45, 7) is 3.14. The predicted octanol–water partition coefficient (Wildman–Crippen LogP) is 1.10. The van der Waals surface area contributed by atoms with Gasteiger partial charge in [0.15, 0.2) is 0 Å². The van der Waals surface area contributed by atoms with Crippen LogP contribution < -0.4 is 0 Å². The number of thiophene rings is 1. The Morgan fingerprint density at radius 2 is 2.00 bits per heavy atom. The molecule has 0 saturated carbocycles. The van der Waals surface area contributed by atoms with E-state index in [2.05, 4.69) is 0 Å². The van der Waals surface area contributed by atoms with Crippen molar-refractivity contribution in [1.29, 1.82) is 0 Å². The van der Waals surface area contributed by atoms with Crippen LogP contribution in [0.15, 0.2) is 10.3 Å². The second kappa shape index (κ2) is 5.98. The third-order valence-corrected chi connectivity index (χ3v) is 7.02. The summed E-state index contributed by atoms with van der Waals surface area (Å²) < 4.78 is 27.0. The smallest absolute Gasteiger partial charge is 0.317 e. The molecule has 0 bridgehead atoms. The monoisotopic (exact) mass is 338 g/mol. The van der Waals surface area contributed by atoms with Crippen molar-refractivity contribution in [2.45, 2.75) is 11.1 Å². The van der Waals surface area contributed by atoms with Gasteiger partial charge in [-0.25, -0.2) is 8.42 Å². The average molecular weight is 339 g/mol. The van der Waals surface area contributed by atoms with Gasteiger partial charge in [-0.1, -0.05) is 11.6 Å². The fourth-order valence-corrected chi connectivity index (χ4v) is 5.29. The maximum Gasteiger partial charge on any atom is 0.317 e. The van der Waals surface area contributed by atoms with E-state index in [0.717, 1.165) is 16.9 Å². The summed E-state index contributed by atoms with van der Waals surface area (Å²) in [5.74, 6) is -0.901. The van der Waals surface area contributed by atoms with Crippen molar-refractivity contribution >= 4 is 38.9 Å². The third kappa shape index (κ3) is 3.32. The van der Waals surface area contributed by atoms with Gasteiger partial charge < -0.3 is 5.11 Å². The SMILES string of the molecule is Cc1cc(S(=O)(=O)N2CCN(CC(=O)O)CC2)sc1Cl. The van der Waals surface area contributed by atoms with Crippen LogP contribution in [0.5, 0.6) is 0 Å². The van der Waals surface area contributed by atoms with Crippen LogP contribution in [0, 0.1) is 6.92 Å². The highest BCUT2D eigenvalue weighted by Gasteiger charge is 2.30. The number of sulfonamides is 1. The molecule has 1 N–H and O–H groups in total. The van der Waals surface area contributed by atoms with E-state index in [1.807, 2.05) is 0 Å². The first-order valence-corrected chi connectivity index (χ1v) is 8.64. The summed E-state index contributed by atoms with van der Waals surface area (Å²) >= 11 is 6.97. The molecule has 0 aliphatic carbocycles. The molecule has 0 unspecified atom stereocenters. The van der Waals surface area contributed by atoms with Gasteiger partial charge in [-0.2, -0.15) is 4.31 Å². The minimum absolute atomic E-state index is 0.0577. The number of carbonyl (C=O) groups is 1. The zero-order valence-electron chi connectivity index (χ0n) is 10.9. The van der Waals surface area contributed by atoms with Gasteiger partial charge in [-0.15, -0.1) is 11.3 Å². The Morgan fingerprint density at radius 3 is 2.45 bits per heavy atom. The van der Waals surface area contributed by atoms with Crippen LogP contribution in [0.25, 0.3) is 0 Å². The van der Waals surface area contributed by atoms with Crippen LogP contribution in [0.3, 0.4) is 0 Å². The molecule has 1 aromatic heterocycles. The predicted molar refractivity (Wildman–Crippen MR) is 76.9 cm³/mol. The number of hydrogen-bond donors (Lipinski definition) is 1. The lowest BCUT2D eigenvalue weighted by molar-refractivity contribution is -0.138. The lowest BCUT2D eigenvalue weighted by Crippen LogP contribution is -2.49. The van der Waals surface area contributed by atoms with Gasteiger partial charge in [-0.3, -0.25) is 9.69 Å². The maximum atomic E-state index is 12.4. The molecular weight excluding hydrogens is 324 g/mol. The highest BCUT2D eigenvalue weighted by molar-refractivity contribution is 7.91. The maximum absolute atomic E-state index is 12.4. The molecule has 9 heteroatoms. The Bertz CT molecular complexity index is 586. The Hall–Kier alpha value is -0.670. The Morgan fingerprint density at radius 1 is 1.40 bits per heavy atom. The van der Waals surface area contributed by atoms with Crippen molar-refractivity contribution in [1.82, 2.24) is 9.21 Å². The molecule has 0 spiro atoms. The fraction of sp³-hybridized carbons (Fsp3) is 0.545. The van der Waals surface area contributed by atoms with Crippen molar-refractivity contribution in [2.75, 3.05) is 32.7 Å². The molecule has 2 heterocycles. The van der Waals surface area contributed by atoms with Crippen molar-refractivity contribution in [3.63, 3.8) is 0 Å². The van der Waals surface area contributed by atoms with Crippen molar-refractivity contribution in [3.8, 4) is 0 Å². The van der Waals surface area contributed by atoms with Crippen molar-refractivity contribution in [2.24, 2.45) is 0 Å². The quantitative estimate of drug-likeness (QED) is 0.889. The minimum Gasteiger partial charge on any atom is -0.480 e. The number of aryl methyl sites for hydroxylation is 1. The first-order valence-electron chi connectivity index (χ1n) is 6.01. The van der Waals surface area contributed by atoms with Gasteiger partial charge in [-0.05, 0) is 18.6 Å². The molecule has 1 saturated heterocycles. The summed E-state index contributed by atoms with van der Waals surface area (Å²) in [7, 11) is -3.52. The van der Waals surface area contributed by atoms with Crippen LogP contribution in [-0.2, 0) is 14.8 Å². The van der Waals surface area contributed by atoms with Crippen LogP contribution >= 0.6 is 22.9 Å². The fourth-order valence-electron chi connectivity index (χ4n) is 2.01. The van der Waals surface area contributed by atoms with E-state index in [1.165, 1.54) is 4.31 Å². The van der Waals surface area contributed by atoms with Gasteiger partial charge in [0.05, 0.1) is 10.9 Å². The average Bonchev–Trinajstić information content (AvgIpc) is 2.70. The van der Waals surface area contributed by atoms with Gasteiger partial charge in [0, 0.05) is 26.2 Å². The summed E-state index contributed by atoms with van der Waals surface area (Å²) in [5, 5.41) is 8.72. The molecule has 6 nitrogen and oxygen atoms in total. The lowest BCUT2D eigenvalue weighted by Gasteiger charge is -2.32. The largest absolute Gasteiger partial charge is 0.480 e. The molecule has 20 heavy (non-hydrogen) atoms. The van der Waals surface area contributed by atoms with Crippen molar-refractivity contribution < 1.29 is 18.3 Å². The molecule has 112 valence electrons. The zero-order chi connectivity index (χ0) is 14.9. The molecule has 0 atom stereocenters. The summed E-state index contributed by atoms with van der Waals surface area (Å²) in [5.41, 5.74) is 0.750. The molecular formula is C11H15ClN2O4S2. The van der Waals surface area contributed by atoms with Crippen LogP contribution in [0.2, 0.25) is 4.34 Å². The van der Waals surface area contributed by atoms with E-state index < -0.39 is 16.0 Å². The third-order valence-electron chi connectivity index (χ3n) is 3.12. The molecule has 0 aromatic carbocycles. The van der Waals surface area contributed by atoms with Gasteiger partial charge in [0.25, 0.3) is 10.0 Å². The zero-order valence-corrected chi connectivity index (χ0v) is 13.3. The normalized spacial score (nSPS) is 18.3. The molecule has 0 radical (unpaired) electrons. The molecule has 0 amide bonds. The summed E-state index contributed by atoms with van der Waals surface area (Å²) in [6, 6.07) is 1.58. The van der Waals surface area contributed by atoms with E-state index in [-0.39, 0.29) is 10.8 Å². The van der Waals surface area contributed by atoms with E-state index in [1.54, 1.807) is 17.9 Å². The number of hydrogen-bond acceptors (Lipinski definition) is 5. The van der Waals surface area contributed by atoms with E-state index in [4.69, 9.17) is 16.7 Å². The molecule has 1 aliphatic heterocycles. The number of carboxylic acids is 1. The first-order chi connectivity index (χ1) is 9.30. The topological polar surface area (TPSA) is 77.9 Å². The van der Waals surface area contributed by atoms with Crippen molar-refractivity contribution in [3.05, 3.63) is 16.0 Å². The standard InChI is InChI=1S/C11H15ClN2O4S2/c1-8-6-10(19-11(8)12)20(17,18)14-4-2-13(3-5-14)7-9(15)16/h6H,2-5,7H2,1H3,(H,15,16). The molecule has 1 fully saturated rings.